The van der Waals surface area contributed by atoms with E-state index >= 15 is 0 Å². The van der Waals surface area contributed by atoms with Gasteiger partial charge in [0.1, 0.15) is 6.61 Å². The third-order valence-electron chi connectivity index (χ3n) is 3.47. The van der Waals surface area contributed by atoms with Crippen molar-refractivity contribution in [2.75, 3.05) is 0 Å². The van der Waals surface area contributed by atoms with Crippen molar-refractivity contribution in [3.63, 3.8) is 0 Å². The Labute approximate surface area is 151 Å². The Balaban J connectivity index is 1.79. The summed E-state index contributed by atoms with van der Waals surface area (Å²) < 4.78 is 15.1. The number of benzene rings is 2. The summed E-state index contributed by atoms with van der Waals surface area (Å²) >= 11 is 0. The van der Waals surface area contributed by atoms with Crippen LogP contribution >= 0.6 is 0 Å². The van der Waals surface area contributed by atoms with Crippen molar-refractivity contribution >= 4 is 17.9 Å². The average molecular weight is 356 g/mol. The van der Waals surface area contributed by atoms with Gasteiger partial charge in [-0.1, -0.05) is 48.5 Å². The zero-order valence-corrected chi connectivity index (χ0v) is 14.6. The van der Waals surface area contributed by atoms with Crippen LogP contribution in [0.25, 0.3) is 0 Å². The van der Waals surface area contributed by atoms with Crippen molar-refractivity contribution in [2.45, 2.75) is 32.7 Å². The molecule has 0 spiro atoms. The fraction of sp³-hybridized carbons (Fsp3) is 0.250. The van der Waals surface area contributed by atoms with Crippen LogP contribution in [0.3, 0.4) is 0 Å². The monoisotopic (exact) mass is 356 g/mol. The van der Waals surface area contributed by atoms with E-state index in [2.05, 4.69) is 0 Å². The van der Waals surface area contributed by atoms with Crippen LogP contribution in [0.5, 0.6) is 0 Å². The lowest BCUT2D eigenvalue weighted by atomic mass is 10.2. The second-order valence-corrected chi connectivity index (χ2v) is 5.59. The fourth-order valence-electron chi connectivity index (χ4n) is 2.02. The van der Waals surface area contributed by atoms with Crippen LogP contribution in [0, 0.1) is 0 Å². The third-order valence-corrected chi connectivity index (χ3v) is 3.47. The molecule has 0 aromatic heterocycles. The molecule has 0 saturated carbocycles. The van der Waals surface area contributed by atoms with E-state index in [-0.39, 0.29) is 6.61 Å². The number of esters is 3. The molecule has 2 aromatic rings. The predicted molar refractivity (Wildman–Crippen MR) is 93.1 cm³/mol. The molecule has 0 aliphatic carbocycles. The molecular formula is C20H20O6. The van der Waals surface area contributed by atoms with Crippen LogP contribution in [0.15, 0.2) is 60.7 Å². The lowest BCUT2D eigenvalue weighted by Crippen LogP contribution is -2.33. The summed E-state index contributed by atoms with van der Waals surface area (Å²) in [6, 6.07) is 17.4. The molecule has 2 rings (SSSR count). The second-order valence-electron chi connectivity index (χ2n) is 5.59. The first-order chi connectivity index (χ1) is 12.5. The summed E-state index contributed by atoms with van der Waals surface area (Å²) in [4.78, 5) is 35.8. The molecule has 0 amide bonds. The van der Waals surface area contributed by atoms with E-state index in [0.29, 0.717) is 5.56 Å². The van der Waals surface area contributed by atoms with Crippen molar-refractivity contribution in [3.8, 4) is 0 Å². The van der Waals surface area contributed by atoms with E-state index in [1.54, 1.807) is 30.3 Å². The molecule has 0 fully saturated rings. The molecule has 2 atom stereocenters. The van der Waals surface area contributed by atoms with E-state index in [9.17, 15) is 14.4 Å². The van der Waals surface area contributed by atoms with E-state index in [4.69, 9.17) is 14.2 Å². The van der Waals surface area contributed by atoms with Gasteiger partial charge in [-0.05, 0) is 31.5 Å². The molecule has 0 N–H and O–H groups in total. The van der Waals surface area contributed by atoms with E-state index < -0.39 is 30.1 Å². The first-order valence-electron chi connectivity index (χ1n) is 8.14. The molecule has 0 aliphatic rings. The zero-order chi connectivity index (χ0) is 18.9. The summed E-state index contributed by atoms with van der Waals surface area (Å²) in [6.45, 7) is 2.86. The molecule has 0 bridgehead atoms. The van der Waals surface area contributed by atoms with Crippen LogP contribution < -0.4 is 0 Å². The highest BCUT2D eigenvalue weighted by Crippen LogP contribution is 2.08. The van der Waals surface area contributed by atoms with Crippen LogP contribution in [0.2, 0.25) is 0 Å². The van der Waals surface area contributed by atoms with Crippen molar-refractivity contribution < 1.29 is 28.6 Å². The Kier molecular flexibility index (Phi) is 6.91. The van der Waals surface area contributed by atoms with Gasteiger partial charge in [0.25, 0.3) is 0 Å². The topological polar surface area (TPSA) is 78.9 Å². The highest BCUT2D eigenvalue weighted by molar-refractivity contribution is 5.91. The Morgan fingerprint density at radius 3 is 1.92 bits per heavy atom. The summed E-state index contributed by atoms with van der Waals surface area (Å²) in [7, 11) is 0. The van der Waals surface area contributed by atoms with Gasteiger partial charge >= 0.3 is 17.9 Å². The Hall–Kier alpha value is -3.15. The molecular weight excluding hydrogens is 336 g/mol. The van der Waals surface area contributed by atoms with Gasteiger partial charge in [0.05, 0.1) is 5.56 Å². The first kappa shape index (κ1) is 19.2. The van der Waals surface area contributed by atoms with Crippen LogP contribution in [-0.2, 0) is 30.4 Å². The van der Waals surface area contributed by atoms with Gasteiger partial charge in [0.2, 0.25) is 0 Å². The minimum atomic E-state index is -1.15. The normalized spacial score (nSPS) is 12.5. The minimum absolute atomic E-state index is 0.0834. The SMILES string of the molecule is C[C@H](OC(=O)c1ccccc1)C(=O)O[C@@H](C)C(=O)OCc1ccccc1. The molecule has 0 saturated heterocycles. The lowest BCUT2D eigenvalue weighted by molar-refractivity contribution is -0.172. The van der Waals surface area contributed by atoms with E-state index in [1.807, 2.05) is 30.3 Å². The fourth-order valence-corrected chi connectivity index (χ4v) is 2.02. The predicted octanol–water partition coefficient (Wildman–Crippen LogP) is 2.91. The molecule has 6 heteroatoms. The average Bonchev–Trinajstić information content (AvgIpc) is 2.67. The van der Waals surface area contributed by atoms with Gasteiger partial charge < -0.3 is 14.2 Å². The highest BCUT2D eigenvalue weighted by Gasteiger charge is 2.25. The van der Waals surface area contributed by atoms with Crippen LogP contribution in [-0.4, -0.2) is 30.1 Å². The molecule has 6 nitrogen and oxygen atoms in total. The molecule has 0 aliphatic heterocycles. The van der Waals surface area contributed by atoms with Crippen molar-refractivity contribution in [2.24, 2.45) is 0 Å². The first-order valence-corrected chi connectivity index (χ1v) is 8.14. The number of rotatable bonds is 7. The van der Waals surface area contributed by atoms with Crippen LogP contribution in [0.4, 0.5) is 0 Å². The van der Waals surface area contributed by atoms with Crippen LogP contribution in [0.1, 0.15) is 29.8 Å². The van der Waals surface area contributed by atoms with Gasteiger partial charge in [0.15, 0.2) is 12.2 Å². The summed E-state index contributed by atoms with van der Waals surface area (Å²) in [5.41, 5.74) is 1.15. The third kappa shape index (κ3) is 5.73. The zero-order valence-electron chi connectivity index (χ0n) is 14.6. The molecule has 0 radical (unpaired) electrons. The van der Waals surface area contributed by atoms with E-state index in [1.165, 1.54) is 13.8 Å². The molecule has 136 valence electrons. The Morgan fingerprint density at radius 2 is 1.31 bits per heavy atom. The smallest absolute Gasteiger partial charge is 0.348 e. The Morgan fingerprint density at radius 1 is 0.769 bits per heavy atom. The largest absolute Gasteiger partial charge is 0.458 e. The number of hydrogen-bond donors (Lipinski definition) is 0. The van der Waals surface area contributed by atoms with Gasteiger partial charge in [-0.2, -0.15) is 0 Å². The van der Waals surface area contributed by atoms with Gasteiger partial charge in [-0.25, -0.2) is 14.4 Å². The quantitative estimate of drug-likeness (QED) is 0.561. The number of carbonyl (C=O) groups is 3. The molecule has 26 heavy (non-hydrogen) atoms. The maximum absolute atomic E-state index is 12.0. The van der Waals surface area contributed by atoms with Gasteiger partial charge in [-0.15, -0.1) is 0 Å². The van der Waals surface area contributed by atoms with Gasteiger partial charge in [-0.3, -0.25) is 0 Å². The number of hydrogen-bond acceptors (Lipinski definition) is 6. The second kappa shape index (κ2) is 9.36. The molecule has 2 aromatic carbocycles. The number of carbonyl (C=O) groups excluding carboxylic acids is 3. The van der Waals surface area contributed by atoms with Crippen molar-refractivity contribution in [1.29, 1.82) is 0 Å². The number of ether oxygens (including phenoxy) is 3. The summed E-state index contributed by atoms with van der Waals surface area (Å²) in [5.74, 6) is -2.14. The van der Waals surface area contributed by atoms with Crippen molar-refractivity contribution in [1.82, 2.24) is 0 Å². The maximum atomic E-state index is 12.0. The highest BCUT2D eigenvalue weighted by atomic mass is 16.6. The summed E-state index contributed by atoms with van der Waals surface area (Å²) in [6.07, 6.45) is -2.25. The maximum Gasteiger partial charge on any atom is 0.348 e. The van der Waals surface area contributed by atoms with Crippen molar-refractivity contribution in [3.05, 3.63) is 71.8 Å². The summed E-state index contributed by atoms with van der Waals surface area (Å²) in [5, 5.41) is 0. The minimum Gasteiger partial charge on any atom is -0.458 e. The van der Waals surface area contributed by atoms with Gasteiger partial charge in [0, 0.05) is 0 Å². The lowest BCUT2D eigenvalue weighted by Gasteiger charge is -2.16. The standard InChI is InChI=1S/C20H20O6/c1-14(18(21)24-13-16-9-5-3-6-10-16)25-19(22)15(2)26-20(23)17-11-7-4-8-12-17/h3-12,14-15H,13H2,1-2H3/t14-,15-/m0/s1. The molecule has 0 heterocycles. The Bertz CT molecular complexity index is 741. The van der Waals surface area contributed by atoms with E-state index in [0.717, 1.165) is 5.56 Å². The molecule has 0 unspecified atom stereocenters.